The molecular weight excluding hydrogens is 568 g/mol. The molecule has 0 amide bonds. The van der Waals surface area contributed by atoms with Crippen LogP contribution in [-0.2, 0) is 24.8 Å². The number of carbonyl (C=O) groups is 2. The number of rotatable bonds is 5. The first kappa shape index (κ1) is 28.3. The van der Waals surface area contributed by atoms with Crippen LogP contribution in [-0.4, -0.2) is 18.0 Å². The molecule has 6 heteroatoms. The van der Waals surface area contributed by atoms with E-state index >= 15 is 0 Å². The number of hydrogen-bond donors (Lipinski definition) is 0. The summed E-state index contributed by atoms with van der Waals surface area (Å²) in [5.74, 6) is -1.90. The van der Waals surface area contributed by atoms with Crippen molar-refractivity contribution in [1.82, 2.24) is 0 Å². The first-order valence-electron chi connectivity index (χ1n) is 14.8. The lowest BCUT2D eigenvalue weighted by molar-refractivity contribution is -0.173. The fourth-order valence-electron chi connectivity index (χ4n) is 6.57. The van der Waals surface area contributed by atoms with Crippen molar-refractivity contribution in [3.8, 4) is 10.6 Å². The monoisotopic (exact) mass is 601 g/mol. The van der Waals surface area contributed by atoms with Crippen molar-refractivity contribution in [1.29, 1.82) is 0 Å². The van der Waals surface area contributed by atoms with Gasteiger partial charge in [-0.2, -0.15) is 0 Å². The van der Waals surface area contributed by atoms with Gasteiger partial charge in [0.15, 0.2) is 20.6 Å². The largest absolute Gasteiger partial charge is 0.427 e. The summed E-state index contributed by atoms with van der Waals surface area (Å²) in [4.78, 5) is 28.6. The maximum Gasteiger partial charge on any atom is 0.338 e. The van der Waals surface area contributed by atoms with Crippen LogP contribution in [0.2, 0.25) is 0 Å². The van der Waals surface area contributed by atoms with Crippen molar-refractivity contribution in [2.45, 2.75) is 52.9 Å². The van der Waals surface area contributed by atoms with Gasteiger partial charge in [0.05, 0.1) is 11.8 Å². The van der Waals surface area contributed by atoms with Crippen molar-refractivity contribution in [3.63, 3.8) is 0 Å². The fourth-order valence-corrected chi connectivity index (χ4v) is 9.17. The molecular formula is C38H33O5S+. The Bertz CT molecular complexity index is 2110. The molecule has 1 saturated heterocycles. The van der Waals surface area contributed by atoms with E-state index in [-0.39, 0.29) is 16.9 Å². The molecule has 0 bridgehead atoms. The predicted molar refractivity (Wildman–Crippen MR) is 177 cm³/mol. The van der Waals surface area contributed by atoms with E-state index < -0.39 is 23.8 Å². The zero-order valence-corrected chi connectivity index (χ0v) is 26.2. The molecule has 3 atom stereocenters. The van der Waals surface area contributed by atoms with E-state index in [0.717, 1.165) is 27.5 Å². The van der Waals surface area contributed by atoms with Crippen molar-refractivity contribution >= 4 is 54.0 Å². The quantitative estimate of drug-likeness (QED) is 0.112. The summed E-state index contributed by atoms with van der Waals surface area (Å²) in [6.07, 6.45) is -1.31. The third-order valence-electron chi connectivity index (χ3n) is 8.76. The Kier molecular flexibility index (Phi) is 6.80. The van der Waals surface area contributed by atoms with Gasteiger partial charge in [-0.1, -0.05) is 66.7 Å². The van der Waals surface area contributed by atoms with E-state index in [4.69, 9.17) is 14.2 Å². The molecule has 2 heterocycles. The number of benzene rings is 5. The smallest absolute Gasteiger partial charge is 0.338 e. The zero-order chi connectivity index (χ0) is 30.7. The number of hydrogen-bond acceptors (Lipinski definition) is 5. The highest BCUT2D eigenvalue weighted by Gasteiger charge is 2.47. The van der Waals surface area contributed by atoms with E-state index in [1.165, 1.54) is 36.2 Å². The fraction of sp³-hybridized carbons (Fsp3) is 0.211. The molecule has 220 valence electrons. The highest BCUT2D eigenvalue weighted by atomic mass is 32.2. The minimum atomic E-state index is -1.30. The van der Waals surface area contributed by atoms with Gasteiger partial charge in [0.1, 0.15) is 5.75 Å². The summed E-state index contributed by atoms with van der Waals surface area (Å²) in [5.41, 5.74) is 3.81. The average Bonchev–Trinajstić information content (AvgIpc) is 3.45. The molecule has 0 N–H and O–H groups in total. The Morgan fingerprint density at radius 3 is 2.20 bits per heavy atom. The molecule has 7 rings (SSSR count). The summed E-state index contributed by atoms with van der Waals surface area (Å²) < 4.78 is 19.1. The highest BCUT2D eigenvalue weighted by molar-refractivity contribution is 7.45. The molecule has 1 fully saturated rings. The maximum atomic E-state index is 13.2. The first-order chi connectivity index (χ1) is 21.1. The summed E-state index contributed by atoms with van der Waals surface area (Å²) in [6.45, 7) is 10.1. The Morgan fingerprint density at radius 1 is 0.841 bits per heavy atom. The normalized spacial score (nSPS) is 18.7. The molecule has 0 saturated carbocycles. The number of esters is 2. The van der Waals surface area contributed by atoms with E-state index in [9.17, 15) is 9.59 Å². The third kappa shape index (κ3) is 4.57. The molecule has 6 aromatic rings. The van der Waals surface area contributed by atoms with Crippen LogP contribution >= 0.6 is 10.5 Å². The molecule has 0 aliphatic carbocycles. The second-order valence-corrected chi connectivity index (χ2v) is 13.8. The van der Waals surface area contributed by atoms with E-state index in [2.05, 4.69) is 62.4 Å². The summed E-state index contributed by atoms with van der Waals surface area (Å²) in [7, 11) is -0.226. The Morgan fingerprint density at radius 2 is 1.48 bits per heavy atom. The summed E-state index contributed by atoms with van der Waals surface area (Å²) >= 11 is 0. The summed E-state index contributed by atoms with van der Waals surface area (Å²) in [6, 6.07) is 30.9. The van der Waals surface area contributed by atoms with E-state index in [1.807, 2.05) is 56.3 Å². The van der Waals surface area contributed by atoms with Gasteiger partial charge >= 0.3 is 11.9 Å². The van der Waals surface area contributed by atoms with Crippen LogP contribution in [0.25, 0.3) is 36.5 Å². The van der Waals surface area contributed by atoms with Gasteiger partial charge in [-0.05, 0) is 65.6 Å². The van der Waals surface area contributed by atoms with Crippen molar-refractivity contribution < 1.29 is 23.8 Å². The SMILES string of the molecule is Cc1cc(-[s+]2c(C)c(C)c3c4ccccc4ccc32)cc(C)c1OC(=O)CC1OC(C)(c2cccc3ccccc23)OC1=O. The number of thiophene rings is 1. The molecule has 5 nitrogen and oxygen atoms in total. The van der Waals surface area contributed by atoms with Gasteiger partial charge in [-0.15, -0.1) is 0 Å². The van der Waals surface area contributed by atoms with Crippen molar-refractivity contribution in [2.24, 2.45) is 0 Å². The van der Waals surface area contributed by atoms with Gasteiger partial charge in [0, 0.05) is 47.6 Å². The topological polar surface area (TPSA) is 61.8 Å². The molecule has 0 radical (unpaired) electrons. The molecule has 0 spiro atoms. The average molecular weight is 602 g/mol. The molecule has 1 aromatic heterocycles. The number of carbonyl (C=O) groups excluding carboxylic acids is 2. The molecule has 44 heavy (non-hydrogen) atoms. The van der Waals surface area contributed by atoms with Crippen LogP contribution in [0.1, 0.15) is 40.5 Å². The first-order valence-corrected chi connectivity index (χ1v) is 16.0. The lowest BCUT2D eigenvalue weighted by atomic mass is 9.99. The Labute approximate surface area is 259 Å². The minimum Gasteiger partial charge on any atom is -0.427 e. The standard InChI is InChI=1S/C38H33O5S/c1-22-19-28(44-25(4)24(3)35-30-15-9-7-12-27(30)17-18-33(35)44)20-23(2)36(22)41-34(39)21-32-37(40)43-38(5,42-32)31-16-10-13-26-11-6-8-14-29(26)31/h6-20,32H,21H2,1-5H3/q+1. The summed E-state index contributed by atoms with van der Waals surface area (Å²) in [5, 5.41) is 5.79. The predicted octanol–water partition coefficient (Wildman–Crippen LogP) is 9.23. The van der Waals surface area contributed by atoms with E-state index in [1.54, 1.807) is 6.92 Å². The Balaban J connectivity index is 1.14. The van der Waals surface area contributed by atoms with Crippen molar-refractivity contribution in [2.75, 3.05) is 0 Å². The van der Waals surface area contributed by atoms with Gasteiger partial charge in [0.25, 0.3) is 0 Å². The number of aryl methyl sites for hydroxylation is 3. The Hall–Kier alpha value is -4.52. The van der Waals surface area contributed by atoms with Crippen LogP contribution in [0.4, 0.5) is 0 Å². The van der Waals surface area contributed by atoms with Gasteiger partial charge in [-0.25, -0.2) is 4.79 Å². The van der Waals surface area contributed by atoms with Crippen LogP contribution in [0.5, 0.6) is 5.75 Å². The maximum absolute atomic E-state index is 13.2. The second-order valence-electron chi connectivity index (χ2n) is 11.7. The lowest BCUT2D eigenvalue weighted by Crippen LogP contribution is -2.26. The molecule has 1 aliphatic heterocycles. The van der Waals surface area contributed by atoms with Gasteiger partial charge in [0.2, 0.25) is 5.79 Å². The molecule has 1 aliphatic rings. The molecule has 5 aromatic carbocycles. The molecule has 3 unspecified atom stereocenters. The van der Waals surface area contributed by atoms with Crippen LogP contribution in [0.15, 0.2) is 91.0 Å². The lowest BCUT2D eigenvalue weighted by Gasteiger charge is -2.24. The van der Waals surface area contributed by atoms with Crippen LogP contribution in [0.3, 0.4) is 0 Å². The van der Waals surface area contributed by atoms with Crippen LogP contribution < -0.4 is 4.74 Å². The third-order valence-corrected chi connectivity index (χ3v) is 11.2. The van der Waals surface area contributed by atoms with Gasteiger partial charge < -0.3 is 14.2 Å². The number of fused-ring (bicyclic) bond motifs is 4. The van der Waals surface area contributed by atoms with Gasteiger partial charge in [-0.3, -0.25) is 4.79 Å². The second kappa shape index (κ2) is 10.6. The number of ether oxygens (including phenoxy) is 3. The van der Waals surface area contributed by atoms with E-state index in [0.29, 0.717) is 5.75 Å². The highest BCUT2D eigenvalue weighted by Crippen LogP contribution is 2.49. The van der Waals surface area contributed by atoms with Crippen molar-refractivity contribution in [3.05, 3.63) is 118 Å². The zero-order valence-electron chi connectivity index (χ0n) is 25.4. The minimum absolute atomic E-state index is 0.226. The van der Waals surface area contributed by atoms with Crippen LogP contribution in [0, 0.1) is 27.7 Å². The number of cyclic esters (lactones) is 1.